The van der Waals surface area contributed by atoms with Crippen LogP contribution in [-0.4, -0.2) is 170 Å². The summed E-state index contributed by atoms with van der Waals surface area (Å²) in [5, 5.41) is 38.3. The zero-order valence-corrected chi connectivity index (χ0v) is 64.3. The first kappa shape index (κ1) is 88.1. The molecule has 1 saturated carbocycles. The molecule has 4 aliphatic heterocycles. The van der Waals surface area contributed by atoms with Crippen LogP contribution in [0.5, 0.6) is 5.75 Å². The second-order valence-electron chi connectivity index (χ2n) is 27.4. The number of likely N-dealkylation sites (tertiary alicyclic amines) is 1. The minimum absolute atomic E-state index is 0.0940. The van der Waals surface area contributed by atoms with Gasteiger partial charge in [-0.2, -0.15) is 11.8 Å². The topological polar surface area (TPSA) is 244 Å². The third-order valence-electron chi connectivity index (χ3n) is 15.2. The van der Waals surface area contributed by atoms with Crippen LogP contribution >= 0.6 is 35.0 Å². The fourth-order valence-corrected chi connectivity index (χ4v) is 13.4. The Morgan fingerprint density at radius 3 is 1.68 bits per heavy atom. The molecule has 4 unspecified atom stereocenters. The highest BCUT2D eigenvalue weighted by molar-refractivity contribution is 7.99. The van der Waals surface area contributed by atoms with E-state index in [4.69, 9.17) is 37.8 Å². The second kappa shape index (κ2) is 49.6. The van der Waals surface area contributed by atoms with Crippen molar-refractivity contribution in [1.29, 1.82) is 0 Å². The Morgan fingerprint density at radius 1 is 0.691 bits per heavy atom. The number of carbonyl (C=O) groups is 3. The number of rotatable bonds is 20. The van der Waals surface area contributed by atoms with Crippen molar-refractivity contribution in [1.82, 2.24) is 62.7 Å². The van der Waals surface area contributed by atoms with E-state index in [1.165, 1.54) is 55.6 Å². The molecule has 0 radical (unpaired) electrons. The minimum Gasteiger partial charge on any atom is -0.495 e. The molecule has 5 fully saturated rings. The summed E-state index contributed by atoms with van der Waals surface area (Å²) in [5.41, 5.74) is 3.59. The standard InChI is InChI=1S/C13H19ClN2O2.C11H16ClN3O.C9H14N2.C8H15NO2.C8H17NO.C8H17N.C7H15NOS.C7H15NS/c1-8(2)15-13(17)16-9(3)10-5-6-11(14)12(7-10)18-4;1-7(2)14-11(16)15-8(3)9-4-5-10(12)13-6-9;1-8(2)11-7-9-4-3-5-10-6-9;1-6(2)9-5-3-4-7(9)8(10)11;1-7(2)9-8-3-5-10-6-4-8;1-7(2)9-8(3)5-4-6-8;1-6(2)8-7-3-4-10(9)5-7;1-6(2)8-7-3-4-9-5-7/h5-9H,1-4H3,(H2,15,16,17);4-8H,1-3H3,(H2,14,15,16);3-6,8,11H,7H2,1-2H3;6-7H,3-5H2,1-2H3,(H,10,11);7-9H,3-6H2,1-2H3;7,9H,4-6H2,1-3H3;6-8H,3-5H2,1-2H3;6-8H,3-5H2,1-2H3/t9-;8-;;;;;;/m11....../s1. The van der Waals surface area contributed by atoms with Gasteiger partial charge in [0, 0.05) is 138 Å². The Bertz CT molecular complexity index is 2490. The van der Waals surface area contributed by atoms with Gasteiger partial charge in [0.1, 0.15) is 16.9 Å². The van der Waals surface area contributed by atoms with E-state index in [1.54, 1.807) is 31.6 Å². The quantitative estimate of drug-likeness (QED) is 0.0473. The van der Waals surface area contributed by atoms with E-state index in [2.05, 4.69) is 152 Å². The first-order chi connectivity index (χ1) is 44.2. The zero-order valence-electron chi connectivity index (χ0n) is 61.2. The van der Waals surface area contributed by atoms with Gasteiger partial charge in [-0.15, -0.1) is 0 Å². The Morgan fingerprint density at radius 2 is 1.27 bits per heavy atom. The molecule has 5 aliphatic rings. The van der Waals surface area contributed by atoms with Crippen molar-refractivity contribution in [2.75, 3.05) is 49.9 Å². The molecule has 6 heterocycles. The molecule has 4 amide bonds. The number of aliphatic carboxylic acids is 1. The van der Waals surface area contributed by atoms with E-state index in [-0.39, 0.29) is 42.3 Å². The van der Waals surface area contributed by atoms with Crippen LogP contribution in [0, 0.1) is 0 Å². The van der Waals surface area contributed by atoms with Gasteiger partial charge in [-0.25, -0.2) is 14.6 Å². The predicted octanol–water partition coefficient (Wildman–Crippen LogP) is 13.2. The third kappa shape index (κ3) is 42.7. The summed E-state index contributed by atoms with van der Waals surface area (Å²) < 4.78 is 21.3. The number of halogens is 2. The third-order valence-corrected chi connectivity index (χ3v) is 18.3. The minimum atomic E-state index is -0.670. The largest absolute Gasteiger partial charge is 0.495 e. The number of aromatic nitrogens is 2. The Hall–Kier alpha value is -3.87. The highest BCUT2D eigenvalue weighted by atomic mass is 35.5. The van der Waals surface area contributed by atoms with Gasteiger partial charge in [-0.05, 0) is 173 Å². The summed E-state index contributed by atoms with van der Waals surface area (Å²) in [5.74, 6) is 4.36. The van der Waals surface area contributed by atoms with Gasteiger partial charge in [0.2, 0.25) is 0 Å². The summed E-state index contributed by atoms with van der Waals surface area (Å²) in [6.07, 6.45) is 16.1. The number of thioether (sulfide) groups is 1. The first-order valence-corrected chi connectivity index (χ1v) is 37.9. The molecular weight excluding hydrogens is 1270 g/mol. The number of hydrogen-bond donors (Lipinski definition) is 10. The maximum atomic E-state index is 11.6. The van der Waals surface area contributed by atoms with Crippen LogP contribution in [0.1, 0.15) is 218 Å². The number of carbonyl (C=O) groups excluding carboxylic acids is 2. The number of methoxy groups -OCH3 is 1. The van der Waals surface area contributed by atoms with Crippen molar-refractivity contribution in [3.8, 4) is 5.75 Å². The van der Waals surface area contributed by atoms with Crippen molar-refractivity contribution >= 4 is 63.8 Å². The van der Waals surface area contributed by atoms with Crippen LogP contribution in [0.25, 0.3) is 0 Å². The van der Waals surface area contributed by atoms with Crippen LogP contribution in [0.2, 0.25) is 10.2 Å². The average Bonchev–Trinajstić information content (AvgIpc) is 1.12. The molecule has 0 spiro atoms. The summed E-state index contributed by atoms with van der Waals surface area (Å²) >= 11 is 13.7. The van der Waals surface area contributed by atoms with Gasteiger partial charge in [-0.3, -0.25) is 18.9 Å². The fraction of sp³-hybridized carbons (Fsp3) is 0.732. The SMILES string of the molecule is CC(C)N1CCCC1C(=O)O.CC(C)NC(=O)N[C@H](C)c1ccc(Cl)nc1.CC(C)NC1(C)CCC1.CC(C)NC1CCOCC1.CC(C)NC1CCS(=O)C1.CC(C)NC1CCSC1.CC(C)NCc1cccnc1.COc1cc([C@@H](C)NC(=O)NC(C)C)ccc1Cl. The molecule has 6 atom stereocenters. The van der Waals surface area contributed by atoms with Crippen molar-refractivity contribution < 1.29 is 33.2 Å². The van der Waals surface area contributed by atoms with Crippen LogP contribution in [-0.2, 0) is 26.9 Å². The van der Waals surface area contributed by atoms with Crippen LogP contribution in [0.4, 0.5) is 9.59 Å². The van der Waals surface area contributed by atoms with Gasteiger partial charge in [0.25, 0.3) is 0 Å². The van der Waals surface area contributed by atoms with E-state index in [9.17, 15) is 18.6 Å². The van der Waals surface area contributed by atoms with Crippen LogP contribution in [0.15, 0.2) is 61.1 Å². The molecular formula is C71H128Cl2N12O7S2. The van der Waals surface area contributed by atoms with E-state index in [0.29, 0.717) is 69.8 Å². The second-order valence-corrected chi connectivity index (χ2v) is 31.0. The molecule has 19 nitrogen and oxygen atoms in total. The Balaban J connectivity index is 0.000000544. The number of carboxylic acids is 1. The fourth-order valence-electron chi connectivity index (χ4n) is 10.5. The Labute approximate surface area is 585 Å². The number of benzene rings is 1. The first-order valence-electron chi connectivity index (χ1n) is 34.5. The molecule has 3 aromatic rings. The van der Waals surface area contributed by atoms with Crippen molar-refractivity contribution in [2.24, 2.45) is 0 Å². The van der Waals surface area contributed by atoms with Gasteiger partial charge >= 0.3 is 18.0 Å². The number of ether oxygens (including phenoxy) is 2. The maximum Gasteiger partial charge on any atom is 0.320 e. The summed E-state index contributed by atoms with van der Waals surface area (Å²) in [6.45, 7) is 43.3. The molecule has 0 bridgehead atoms. The number of urea groups is 2. The van der Waals surface area contributed by atoms with Crippen LogP contribution in [0.3, 0.4) is 0 Å². The lowest BCUT2D eigenvalue weighted by atomic mass is 9.78. The number of nitrogens with zero attached hydrogens (tertiary/aromatic N) is 3. The molecule has 8 rings (SSSR count). The molecule has 540 valence electrons. The average molecular weight is 1400 g/mol. The van der Waals surface area contributed by atoms with E-state index >= 15 is 0 Å². The number of pyridine rings is 2. The summed E-state index contributed by atoms with van der Waals surface area (Å²) in [6, 6.07) is 17.8. The highest BCUT2D eigenvalue weighted by Crippen LogP contribution is 2.31. The lowest BCUT2D eigenvalue weighted by Crippen LogP contribution is -2.51. The maximum absolute atomic E-state index is 11.6. The normalized spacial score (nSPS) is 19.6. The number of carboxylic acid groups (broad SMARTS) is 1. The number of nitrogens with one attached hydrogen (secondary N) is 9. The van der Waals surface area contributed by atoms with Crippen molar-refractivity contribution in [2.45, 2.75) is 286 Å². The van der Waals surface area contributed by atoms with Gasteiger partial charge in [0.05, 0.1) is 24.2 Å². The van der Waals surface area contributed by atoms with Gasteiger partial charge < -0.3 is 62.4 Å². The molecule has 4 saturated heterocycles. The molecule has 94 heavy (non-hydrogen) atoms. The molecule has 1 aromatic carbocycles. The van der Waals surface area contributed by atoms with Gasteiger partial charge in [-0.1, -0.05) is 111 Å². The van der Waals surface area contributed by atoms with Gasteiger partial charge in [0.15, 0.2) is 0 Å². The van der Waals surface area contributed by atoms with Crippen LogP contribution < -0.4 is 52.6 Å². The predicted molar refractivity (Wildman–Crippen MR) is 398 cm³/mol. The lowest BCUT2D eigenvalue weighted by molar-refractivity contribution is -0.142. The number of amides is 4. The highest BCUT2D eigenvalue weighted by Gasteiger charge is 2.32. The van der Waals surface area contributed by atoms with E-state index in [0.717, 1.165) is 74.2 Å². The number of hydrogen-bond acceptors (Lipinski definition) is 15. The monoisotopic (exact) mass is 1390 g/mol. The van der Waals surface area contributed by atoms with E-state index < -0.39 is 16.8 Å². The lowest BCUT2D eigenvalue weighted by Gasteiger charge is -2.41. The molecule has 10 N–H and O–H groups in total. The molecule has 2 aromatic heterocycles. The summed E-state index contributed by atoms with van der Waals surface area (Å²) in [7, 11) is 1.03. The molecule has 23 heteroatoms. The van der Waals surface area contributed by atoms with E-state index in [1.807, 2.05) is 90.8 Å². The van der Waals surface area contributed by atoms with Crippen molar-refractivity contribution in [3.63, 3.8) is 0 Å². The molecule has 1 aliphatic carbocycles. The van der Waals surface area contributed by atoms with Crippen molar-refractivity contribution in [3.05, 3.63) is 87.9 Å². The zero-order chi connectivity index (χ0) is 70.9. The summed E-state index contributed by atoms with van der Waals surface area (Å²) in [4.78, 5) is 43.7. The Kier molecular flexibility index (Phi) is 46.5. The smallest absolute Gasteiger partial charge is 0.320 e.